The second kappa shape index (κ2) is 11.3. The summed E-state index contributed by atoms with van der Waals surface area (Å²) in [5.74, 6) is -0.474. The molecule has 0 fully saturated rings. The van der Waals surface area contributed by atoms with Crippen LogP contribution in [0.3, 0.4) is 0 Å². The summed E-state index contributed by atoms with van der Waals surface area (Å²) in [6.07, 6.45) is 3.86. The van der Waals surface area contributed by atoms with Crippen LogP contribution in [0.25, 0.3) is 22.4 Å². The summed E-state index contributed by atoms with van der Waals surface area (Å²) in [6, 6.07) is 15.3. The number of nitrogens with zero attached hydrogens (tertiary/aromatic N) is 3. The molecule has 0 saturated heterocycles. The Labute approximate surface area is 235 Å². The minimum Gasteiger partial charge on any atom is -0.465 e. The van der Waals surface area contributed by atoms with E-state index in [2.05, 4.69) is 20.6 Å². The molecule has 40 heavy (non-hydrogen) atoms. The molecule has 10 heteroatoms. The molecule has 3 N–H and O–H groups in total. The zero-order chi connectivity index (χ0) is 28.4. The molecule has 2 aromatic heterocycles. The third kappa shape index (κ3) is 5.60. The number of halogens is 1. The van der Waals surface area contributed by atoms with Crippen LogP contribution in [-0.4, -0.2) is 31.6 Å². The molecule has 9 nitrogen and oxygen atoms in total. The van der Waals surface area contributed by atoms with Crippen LogP contribution in [-0.2, 0) is 4.79 Å². The van der Waals surface area contributed by atoms with Crippen LogP contribution >= 0.6 is 11.6 Å². The van der Waals surface area contributed by atoms with Crippen molar-refractivity contribution < 1.29 is 14.7 Å². The second-order valence-corrected chi connectivity index (χ2v) is 10.3. The monoisotopic (exact) mass is 557 g/mol. The third-order valence-electron chi connectivity index (χ3n) is 7.24. The van der Waals surface area contributed by atoms with Crippen molar-refractivity contribution in [3.8, 4) is 22.4 Å². The summed E-state index contributed by atoms with van der Waals surface area (Å²) in [5.41, 5.74) is 4.95. The summed E-state index contributed by atoms with van der Waals surface area (Å²) in [4.78, 5) is 46.9. The fourth-order valence-electron chi connectivity index (χ4n) is 5.01. The molecule has 2 aromatic carbocycles. The standard InChI is InChI=1S/C30H28ClN5O4/c1-17-5-3-8-27(36-16-33-24(15-28(36)37)21-6-4-7-23(31)18(21)2)26-13-19(11-12-32-26)22-10-9-20(34-30(39)40)14-25(22)35-29(17)38/h4,6-7,9-17,27,34H,3,5,8H2,1-2H3,(H,35,38)(H,39,40)/t17-,27+/m1/s1. The minimum atomic E-state index is -1.20. The van der Waals surface area contributed by atoms with Crippen LogP contribution in [0.5, 0.6) is 0 Å². The van der Waals surface area contributed by atoms with Gasteiger partial charge < -0.3 is 10.4 Å². The van der Waals surface area contributed by atoms with E-state index in [1.807, 2.05) is 38.1 Å². The second-order valence-electron chi connectivity index (χ2n) is 9.93. The number of amides is 2. The lowest BCUT2D eigenvalue weighted by Gasteiger charge is -2.23. The number of pyridine rings is 1. The number of carbonyl (C=O) groups excluding carboxylic acids is 1. The number of hydrogen-bond donors (Lipinski definition) is 3. The number of nitrogens with one attached hydrogen (secondary N) is 2. The highest BCUT2D eigenvalue weighted by molar-refractivity contribution is 6.31. The number of aromatic nitrogens is 3. The predicted molar refractivity (Wildman–Crippen MR) is 155 cm³/mol. The Bertz CT molecular complexity index is 1670. The molecule has 0 saturated carbocycles. The highest BCUT2D eigenvalue weighted by Gasteiger charge is 2.23. The number of hydrogen-bond acceptors (Lipinski definition) is 5. The zero-order valence-corrected chi connectivity index (χ0v) is 22.8. The summed E-state index contributed by atoms with van der Waals surface area (Å²) in [6.45, 7) is 3.74. The Balaban J connectivity index is 1.59. The molecular formula is C30H28ClN5O4. The quantitative estimate of drug-likeness (QED) is 0.268. The van der Waals surface area contributed by atoms with Crippen molar-refractivity contribution in [3.63, 3.8) is 0 Å². The highest BCUT2D eigenvalue weighted by atomic mass is 35.5. The van der Waals surface area contributed by atoms with E-state index in [4.69, 9.17) is 16.7 Å². The zero-order valence-electron chi connectivity index (χ0n) is 22.0. The van der Waals surface area contributed by atoms with Gasteiger partial charge in [-0.25, -0.2) is 9.78 Å². The molecule has 1 aliphatic heterocycles. The maximum atomic E-state index is 13.5. The average molecular weight is 558 g/mol. The Morgan fingerprint density at radius 3 is 2.67 bits per heavy atom. The number of carbonyl (C=O) groups is 2. The van der Waals surface area contributed by atoms with E-state index >= 15 is 0 Å². The van der Waals surface area contributed by atoms with E-state index in [0.717, 1.165) is 16.7 Å². The summed E-state index contributed by atoms with van der Waals surface area (Å²) in [7, 11) is 0. The first-order chi connectivity index (χ1) is 19.2. The molecule has 0 radical (unpaired) electrons. The van der Waals surface area contributed by atoms with E-state index in [1.54, 1.807) is 41.4 Å². The first-order valence-electron chi connectivity index (χ1n) is 13.0. The van der Waals surface area contributed by atoms with Crippen LogP contribution in [0.15, 0.2) is 71.9 Å². The normalized spacial score (nSPS) is 17.1. The molecule has 5 rings (SSSR count). The molecular weight excluding hydrogens is 530 g/mol. The van der Waals surface area contributed by atoms with Gasteiger partial charge in [-0.15, -0.1) is 0 Å². The van der Waals surface area contributed by atoms with Gasteiger partial charge in [0.15, 0.2) is 0 Å². The lowest BCUT2D eigenvalue weighted by molar-refractivity contribution is -0.119. The van der Waals surface area contributed by atoms with Crippen LogP contribution in [0.1, 0.15) is 43.5 Å². The van der Waals surface area contributed by atoms with Gasteiger partial charge >= 0.3 is 6.09 Å². The molecule has 1 aliphatic rings. The first kappa shape index (κ1) is 27.1. The number of anilines is 2. The fourth-order valence-corrected chi connectivity index (χ4v) is 5.18. The van der Waals surface area contributed by atoms with E-state index < -0.39 is 12.1 Å². The smallest absolute Gasteiger partial charge is 0.409 e. The van der Waals surface area contributed by atoms with Crippen LogP contribution in [0.2, 0.25) is 5.02 Å². The summed E-state index contributed by atoms with van der Waals surface area (Å²) < 4.78 is 1.59. The number of rotatable bonds is 3. The van der Waals surface area contributed by atoms with Crippen molar-refractivity contribution in [2.24, 2.45) is 5.92 Å². The van der Waals surface area contributed by atoms with Crippen LogP contribution in [0, 0.1) is 12.8 Å². The lowest BCUT2D eigenvalue weighted by Crippen LogP contribution is -2.27. The Morgan fingerprint density at radius 1 is 1.07 bits per heavy atom. The fraction of sp³-hybridized carbons (Fsp3) is 0.233. The van der Waals surface area contributed by atoms with Crippen LogP contribution in [0.4, 0.5) is 16.2 Å². The van der Waals surface area contributed by atoms with Gasteiger partial charge in [0.05, 0.1) is 29.4 Å². The van der Waals surface area contributed by atoms with Gasteiger partial charge in [-0.2, -0.15) is 0 Å². The Morgan fingerprint density at radius 2 is 1.90 bits per heavy atom. The van der Waals surface area contributed by atoms with Gasteiger partial charge in [-0.1, -0.05) is 43.1 Å². The third-order valence-corrected chi connectivity index (χ3v) is 7.65. The molecule has 0 aliphatic carbocycles. The predicted octanol–water partition coefficient (Wildman–Crippen LogP) is 6.37. The number of fused-ring (bicyclic) bond motifs is 4. The summed E-state index contributed by atoms with van der Waals surface area (Å²) in [5, 5.41) is 15.1. The minimum absolute atomic E-state index is 0.166. The highest BCUT2D eigenvalue weighted by Crippen LogP contribution is 2.34. The van der Waals surface area contributed by atoms with Crippen LogP contribution < -0.4 is 16.2 Å². The van der Waals surface area contributed by atoms with E-state index in [0.29, 0.717) is 52.6 Å². The Kier molecular flexibility index (Phi) is 7.66. The van der Waals surface area contributed by atoms with E-state index in [9.17, 15) is 14.4 Å². The molecule has 3 heterocycles. The largest absolute Gasteiger partial charge is 0.465 e. The maximum Gasteiger partial charge on any atom is 0.409 e. The van der Waals surface area contributed by atoms with Crippen molar-refractivity contribution in [2.75, 3.05) is 10.6 Å². The maximum absolute atomic E-state index is 13.5. The summed E-state index contributed by atoms with van der Waals surface area (Å²) >= 11 is 6.29. The molecule has 2 bridgehead atoms. The number of benzene rings is 2. The SMILES string of the molecule is Cc1c(Cl)cccc1-c1cc(=O)n([C@H]2CCC[C@@H](C)C(=O)Nc3cc(NC(=O)O)ccc3-c3ccnc2c3)cn1. The molecule has 4 aromatic rings. The van der Waals surface area contributed by atoms with Gasteiger partial charge in [0.1, 0.15) is 0 Å². The molecule has 2 atom stereocenters. The number of carboxylic acid groups (broad SMARTS) is 1. The van der Waals surface area contributed by atoms with Crippen molar-refractivity contribution in [2.45, 2.75) is 39.2 Å². The lowest BCUT2D eigenvalue weighted by atomic mass is 9.95. The van der Waals surface area contributed by atoms with Gasteiger partial charge in [0.25, 0.3) is 5.56 Å². The first-order valence-corrected chi connectivity index (χ1v) is 13.3. The molecule has 204 valence electrons. The van der Waals surface area contributed by atoms with Gasteiger partial charge in [0, 0.05) is 40.0 Å². The topological polar surface area (TPSA) is 126 Å². The molecule has 2 amide bonds. The van der Waals surface area contributed by atoms with Crippen molar-refractivity contribution in [1.82, 2.24) is 14.5 Å². The average Bonchev–Trinajstić information content (AvgIpc) is 2.92. The van der Waals surface area contributed by atoms with Gasteiger partial charge in [-0.3, -0.25) is 24.5 Å². The van der Waals surface area contributed by atoms with Gasteiger partial charge in [-0.05, 0) is 61.2 Å². The van der Waals surface area contributed by atoms with E-state index in [1.165, 1.54) is 6.07 Å². The molecule has 0 unspecified atom stereocenters. The van der Waals surface area contributed by atoms with Gasteiger partial charge in [0.2, 0.25) is 5.91 Å². The Hall–Kier alpha value is -4.50. The van der Waals surface area contributed by atoms with E-state index in [-0.39, 0.29) is 17.4 Å². The van der Waals surface area contributed by atoms with Crippen molar-refractivity contribution >= 4 is 35.0 Å². The molecule has 0 spiro atoms. The van der Waals surface area contributed by atoms with Crippen molar-refractivity contribution in [3.05, 3.63) is 93.8 Å². The van der Waals surface area contributed by atoms with Crippen molar-refractivity contribution in [1.29, 1.82) is 0 Å².